The highest BCUT2D eigenvalue weighted by Crippen LogP contribution is 2.10. The zero-order chi connectivity index (χ0) is 17.4. The molecule has 2 aromatic heterocycles. The van der Waals surface area contributed by atoms with Crippen LogP contribution in [0.2, 0.25) is 0 Å². The highest BCUT2D eigenvalue weighted by atomic mass is 14.8. The minimum absolute atomic E-state index is 0.485. The van der Waals surface area contributed by atoms with Crippen molar-refractivity contribution in [2.45, 2.75) is 67.2 Å². The molecule has 0 aliphatic carbocycles. The Morgan fingerprint density at radius 1 is 0.727 bits per heavy atom. The first kappa shape index (κ1) is 22.5. The maximum atomic E-state index is 4.12. The Bertz CT molecular complexity index is 381. The molecule has 2 aromatic rings. The van der Waals surface area contributed by atoms with Gasteiger partial charge in [0.25, 0.3) is 0 Å². The lowest BCUT2D eigenvalue weighted by molar-refractivity contribution is 0.812. The molecule has 0 spiro atoms. The second kappa shape index (κ2) is 15.6. The van der Waals surface area contributed by atoms with E-state index in [1.807, 2.05) is 40.0 Å². The first-order valence-corrected chi connectivity index (χ1v) is 8.27. The predicted octanol–water partition coefficient (Wildman–Crippen LogP) is 5.86. The fraction of sp³-hybridized carbons (Fsp3) is 0.526. The lowest BCUT2D eigenvalue weighted by Gasteiger charge is -2.00. The van der Waals surface area contributed by atoms with Crippen molar-refractivity contribution in [2.24, 2.45) is 0 Å². The molecule has 0 saturated heterocycles. The van der Waals surface area contributed by atoms with Crippen LogP contribution in [0.4, 0.5) is 0 Å². The van der Waals surface area contributed by atoms with Gasteiger partial charge in [-0.1, -0.05) is 61.5 Å². The maximum Gasteiger partial charge on any atom is 0.0612 e. The van der Waals surface area contributed by atoms with E-state index in [1.54, 1.807) is 24.8 Å². The van der Waals surface area contributed by atoms with Crippen LogP contribution in [0, 0.1) is 0 Å². The van der Waals surface area contributed by atoms with Crippen LogP contribution in [0.25, 0.3) is 0 Å². The smallest absolute Gasteiger partial charge is 0.0612 e. The van der Waals surface area contributed by atoms with Gasteiger partial charge in [-0.3, -0.25) is 15.0 Å². The highest BCUT2D eigenvalue weighted by molar-refractivity contribution is 5.12. The summed E-state index contributed by atoms with van der Waals surface area (Å²) in [5, 5.41) is 0. The lowest BCUT2D eigenvalue weighted by Crippen LogP contribution is -1.91. The number of rotatable bonds is 2. The number of hydrogen-bond acceptors (Lipinski definition) is 3. The Labute approximate surface area is 137 Å². The largest absolute Gasteiger partial charge is 0.264 e. The molecule has 0 N–H and O–H groups in total. The molecule has 0 amide bonds. The number of aromatic nitrogens is 3. The van der Waals surface area contributed by atoms with Gasteiger partial charge in [0.05, 0.1) is 5.69 Å². The fourth-order valence-electron chi connectivity index (χ4n) is 1.33. The fourth-order valence-corrected chi connectivity index (χ4v) is 1.33. The Hall–Kier alpha value is -1.77. The van der Waals surface area contributed by atoms with Gasteiger partial charge in [0.2, 0.25) is 0 Å². The molecular weight excluding hydrogens is 270 g/mol. The third-order valence-corrected chi connectivity index (χ3v) is 2.53. The molecule has 3 nitrogen and oxygen atoms in total. The highest BCUT2D eigenvalue weighted by Gasteiger charge is 1.96. The molecule has 2 rings (SSSR count). The van der Waals surface area contributed by atoms with Crippen LogP contribution < -0.4 is 0 Å². The van der Waals surface area contributed by atoms with Crippen LogP contribution in [0.15, 0.2) is 43.1 Å². The van der Waals surface area contributed by atoms with Crippen LogP contribution in [-0.4, -0.2) is 15.0 Å². The average Bonchev–Trinajstić information content (AvgIpc) is 2.60. The van der Waals surface area contributed by atoms with Crippen molar-refractivity contribution in [3.63, 3.8) is 0 Å². The zero-order valence-electron chi connectivity index (χ0n) is 15.5. The Kier molecular flexibility index (Phi) is 16.0. The van der Waals surface area contributed by atoms with Gasteiger partial charge in [0.15, 0.2) is 0 Å². The lowest BCUT2D eigenvalue weighted by atomic mass is 10.1. The summed E-state index contributed by atoms with van der Waals surface area (Å²) in [7, 11) is 0. The van der Waals surface area contributed by atoms with Gasteiger partial charge < -0.3 is 0 Å². The maximum absolute atomic E-state index is 4.12. The molecule has 0 aliphatic rings. The normalized spacial score (nSPS) is 8.82. The number of pyridine rings is 1. The second-order valence-electron chi connectivity index (χ2n) is 4.73. The number of nitrogens with zero attached hydrogens (tertiary/aromatic N) is 3. The third kappa shape index (κ3) is 11.0. The van der Waals surface area contributed by atoms with Crippen molar-refractivity contribution in [3.05, 3.63) is 54.4 Å². The molecule has 0 radical (unpaired) electrons. The van der Waals surface area contributed by atoms with Gasteiger partial charge in [-0.25, -0.2) is 0 Å². The Balaban J connectivity index is 0. The molecule has 3 heteroatoms. The third-order valence-electron chi connectivity index (χ3n) is 2.53. The van der Waals surface area contributed by atoms with Crippen molar-refractivity contribution < 1.29 is 0 Å². The molecule has 22 heavy (non-hydrogen) atoms. The SMILES string of the molecule is CC.CC.CC(C)c1cccnc1.CC(C)c1cnccn1. The average molecular weight is 303 g/mol. The van der Waals surface area contributed by atoms with E-state index in [-0.39, 0.29) is 0 Å². The zero-order valence-corrected chi connectivity index (χ0v) is 15.5. The molecule has 0 bridgehead atoms. The molecule has 0 saturated carbocycles. The summed E-state index contributed by atoms with van der Waals surface area (Å²) in [6.45, 7) is 16.5. The van der Waals surface area contributed by atoms with Crippen molar-refractivity contribution in [3.8, 4) is 0 Å². The summed E-state index contributed by atoms with van der Waals surface area (Å²) in [5.41, 5.74) is 2.36. The summed E-state index contributed by atoms with van der Waals surface area (Å²) in [6.07, 6.45) is 8.91. The van der Waals surface area contributed by atoms with Crippen molar-refractivity contribution in [1.82, 2.24) is 15.0 Å². The molecule has 0 atom stereocenters. The first-order valence-electron chi connectivity index (χ1n) is 8.27. The topological polar surface area (TPSA) is 38.7 Å². The quantitative estimate of drug-likeness (QED) is 0.697. The van der Waals surface area contributed by atoms with E-state index in [0.717, 1.165) is 5.69 Å². The number of hydrogen-bond donors (Lipinski definition) is 0. The minimum atomic E-state index is 0.485. The molecule has 0 fully saturated rings. The van der Waals surface area contributed by atoms with Crippen LogP contribution in [0.1, 0.15) is 78.5 Å². The molecule has 0 unspecified atom stereocenters. The van der Waals surface area contributed by atoms with E-state index < -0.39 is 0 Å². The van der Waals surface area contributed by atoms with E-state index in [1.165, 1.54) is 5.56 Å². The van der Waals surface area contributed by atoms with Gasteiger partial charge in [-0.15, -0.1) is 0 Å². The van der Waals surface area contributed by atoms with Crippen LogP contribution in [-0.2, 0) is 0 Å². The van der Waals surface area contributed by atoms with Gasteiger partial charge in [0, 0.05) is 31.0 Å². The monoisotopic (exact) mass is 303 g/mol. The van der Waals surface area contributed by atoms with E-state index in [2.05, 4.69) is 48.7 Å². The summed E-state index contributed by atoms with van der Waals surface area (Å²) in [5.74, 6) is 1.08. The Morgan fingerprint density at radius 3 is 1.59 bits per heavy atom. The predicted molar refractivity (Wildman–Crippen MR) is 97.1 cm³/mol. The molecule has 124 valence electrons. The van der Waals surface area contributed by atoms with Crippen molar-refractivity contribution >= 4 is 0 Å². The van der Waals surface area contributed by atoms with Crippen LogP contribution in [0.3, 0.4) is 0 Å². The van der Waals surface area contributed by atoms with Gasteiger partial charge in [-0.05, 0) is 23.5 Å². The summed E-state index contributed by atoms with van der Waals surface area (Å²) in [6, 6.07) is 4.06. The van der Waals surface area contributed by atoms with E-state index in [0.29, 0.717) is 11.8 Å². The molecular formula is C19H33N3. The summed E-state index contributed by atoms with van der Waals surface area (Å²) < 4.78 is 0. The van der Waals surface area contributed by atoms with Gasteiger partial charge in [-0.2, -0.15) is 0 Å². The molecule has 0 aromatic carbocycles. The minimum Gasteiger partial charge on any atom is -0.264 e. The molecule has 2 heterocycles. The first-order chi connectivity index (χ1) is 10.6. The van der Waals surface area contributed by atoms with Crippen molar-refractivity contribution in [2.75, 3.05) is 0 Å². The van der Waals surface area contributed by atoms with E-state index >= 15 is 0 Å². The second-order valence-corrected chi connectivity index (χ2v) is 4.73. The van der Waals surface area contributed by atoms with Gasteiger partial charge in [0.1, 0.15) is 0 Å². The van der Waals surface area contributed by atoms with Crippen molar-refractivity contribution in [1.29, 1.82) is 0 Å². The van der Waals surface area contributed by atoms with Crippen LogP contribution in [0.5, 0.6) is 0 Å². The van der Waals surface area contributed by atoms with Crippen LogP contribution >= 0.6 is 0 Å². The van der Waals surface area contributed by atoms with Gasteiger partial charge >= 0.3 is 0 Å². The Morgan fingerprint density at radius 2 is 1.32 bits per heavy atom. The summed E-state index contributed by atoms with van der Waals surface area (Å²) >= 11 is 0. The summed E-state index contributed by atoms with van der Waals surface area (Å²) in [4.78, 5) is 12.1. The molecule has 0 aliphatic heterocycles. The standard InChI is InChI=1S/C8H11N.C7H10N2.2C2H6/c1-7(2)8-4-3-5-9-6-8;1-6(2)7-5-8-3-4-9-7;2*1-2/h3-7H,1-2H3;3-6H,1-2H3;2*1-2H3. The van der Waals surface area contributed by atoms with E-state index in [9.17, 15) is 0 Å². The van der Waals surface area contributed by atoms with E-state index in [4.69, 9.17) is 0 Å².